The highest BCUT2D eigenvalue weighted by Crippen LogP contribution is 2.42. The summed E-state index contributed by atoms with van der Waals surface area (Å²) in [6.07, 6.45) is 0. The van der Waals surface area contributed by atoms with E-state index in [1.807, 2.05) is 6.07 Å². The lowest BCUT2D eigenvalue weighted by Crippen LogP contribution is -2.52. The van der Waals surface area contributed by atoms with Gasteiger partial charge in [0.05, 0.1) is 25.7 Å². The maximum Gasteiger partial charge on any atom is 0.324 e. The summed E-state index contributed by atoms with van der Waals surface area (Å²) in [6, 6.07) is 2.79. The lowest BCUT2D eigenvalue weighted by Gasteiger charge is -2.33. The number of methoxy groups -OCH3 is 2. The summed E-state index contributed by atoms with van der Waals surface area (Å²) in [5.41, 5.74) is 0.837. The number of rotatable bonds is 4. The molecular weight excluding hydrogens is 338 g/mol. The van der Waals surface area contributed by atoms with Crippen molar-refractivity contribution in [1.29, 1.82) is 0 Å². The molecule has 1 aromatic carbocycles. The van der Waals surface area contributed by atoms with Gasteiger partial charge in [0, 0.05) is 13.1 Å². The van der Waals surface area contributed by atoms with E-state index in [4.69, 9.17) is 18.9 Å². The summed E-state index contributed by atoms with van der Waals surface area (Å²) in [6.45, 7) is 0.767. The van der Waals surface area contributed by atoms with Gasteiger partial charge in [0.2, 0.25) is 12.5 Å². The second-order valence-electron chi connectivity index (χ2n) is 5.66. The molecule has 1 saturated heterocycles. The molecule has 0 saturated carbocycles. The Bertz CT molecular complexity index is 746. The summed E-state index contributed by atoms with van der Waals surface area (Å²) in [4.78, 5) is 13.8. The minimum Gasteiger partial charge on any atom is -0.493 e. The highest BCUT2D eigenvalue weighted by molar-refractivity contribution is 7.91. The van der Waals surface area contributed by atoms with Gasteiger partial charge in [0.1, 0.15) is 6.04 Å². The Morgan fingerprint density at radius 2 is 2.12 bits per heavy atom. The molecule has 24 heavy (non-hydrogen) atoms. The fraction of sp³-hybridized carbons (Fsp3) is 0.533. The lowest BCUT2D eigenvalue weighted by molar-refractivity contribution is -0.146. The van der Waals surface area contributed by atoms with E-state index >= 15 is 0 Å². The number of fused-ring (bicyclic) bond motifs is 1. The van der Waals surface area contributed by atoms with Gasteiger partial charge in [-0.05, 0) is 17.7 Å². The van der Waals surface area contributed by atoms with Crippen LogP contribution in [0.3, 0.4) is 0 Å². The van der Waals surface area contributed by atoms with Crippen LogP contribution < -0.4 is 14.2 Å². The predicted octanol–water partition coefficient (Wildman–Crippen LogP) is 0.196. The van der Waals surface area contributed by atoms with Crippen LogP contribution in [-0.2, 0) is 25.9 Å². The third-order valence-electron chi connectivity index (χ3n) is 4.12. The molecule has 1 unspecified atom stereocenters. The molecule has 0 amide bonds. The average molecular weight is 357 g/mol. The van der Waals surface area contributed by atoms with E-state index in [-0.39, 0.29) is 24.8 Å². The van der Waals surface area contributed by atoms with Crippen molar-refractivity contribution < 1.29 is 32.2 Å². The molecule has 1 atom stereocenters. The van der Waals surface area contributed by atoms with Crippen LogP contribution in [-0.4, -0.2) is 64.4 Å². The number of nitrogens with zero attached hydrogens (tertiary/aromatic N) is 1. The second-order valence-corrected chi connectivity index (χ2v) is 7.88. The molecule has 1 fully saturated rings. The van der Waals surface area contributed by atoms with Crippen LogP contribution in [0.1, 0.15) is 5.56 Å². The maximum absolute atomic E-state index is 12.0. The minimum absolute atomic E-state index is 0.0161. The van der Waals surface area contributed by atoms with Gasteiger partial charge in [-0.2, -0.15) is 0 Å². The van der Waals surface area contributed by atoms with Crippen LogP contribution in [0.25, 0.3) is 0 Å². The predicted molar refractivity (Wildman–Crippen MR) is 84.0 cm³/mol. The van der Waals surface area contributed by atoms with Crippen LogP contribution in [0.15, 0.2) is 12.1 Å². The van der Waals surface area contributed by atoms with Crippen LogP contribution in [0.2, 0.25) is 0 Å². The van der Waals surface area contributed by atoms with Gasteiger partial charge < -0.3 is 18.9 Å². The first-order chi connectivity index (χ1) is 11.4. The largest absolute Gasteiger partial charge is 0.493 e. The Morgan fingerprint density at radius 1 is 1.33 bits per heavy atom. The highest BCUT2D eigenvalue weighted by Gasteiger charge is 2.37. The van der Waals surface area contributed by atoms with Crippen LogP contribution >= 0.6 is 0 Å². The summed E-state index contributed by atoms with van der Waals surface area (Å²) in [5, 5.41) is 0. The smallest absolute Gasteiger partial charge is 0.324 e. The van der Waals surface area contributed by atoms with E-state index in [1.165, 1.54) is 14.2 Å². The van der Waals surface area contributed by atoms with Crippen molar-refractivity contribution in [2.45, 2.75) is 12.6 Å². The molecule has 0 radical (unpaired) electrons. The molecule has 3 rings (SSSR count). The highest BCUT2D eigenvalue weighted by atomic mass is 32.2. The van der Waals surface area contributed by atoms with Gasteiger partial charge in [0.15, 0.2) is 21.3 Å². The van der Waals surface area contributed by atoms with Gasteiger partial charge in [-0.3, -0.25) is 9.69 Å². The third kappa shape index (κ3) is 3.27. The van der Waals surface area contributed by atoms with Gasteiger partial charge in [-0.25, -0.2) is 8.42 Å². The standard InChI is InChI=1S/C15H19NO7S/c1-20-12-5-10(6-13-14(12)23-9-22-13)7-16-3-4-24(18,19)8-11(16)15(17)21-2/h5-6,11H,3-4,7-9H2,1-2H3. The van der Waals surface area contributed by atoms with Crippen molar-refractivity contribution in [3.05, 3.63) is 17.7 Å². The number of ether oxygens (including phenoxy) is 4. The normalized spacial score (nSPS) is 22.2. The third-order valence-corrected chi connectivity index (χ3v) is 5.75. The van der Waals surface area contributed by atoms with Crippen LogP contribution in [0.4, 0.5) is 0 Å². The number of benzene rings is 1. The van der Waals surface area contributed by atoms with E-state index in [9.17, 15) is 13.2 Å². The number of carbonyl (C=O) groups is 1. The Labute approximate surface area is 140 Å². The second kappa shape index (κ2) is 6.48. The zero-order valence-electron chi connectivity index (χ0n) is 13.5. The first kappa shape index (κ1) is 16.8. The minimum atomic E-state index is -3.25. The SMILES string of the molecule is COC(=O)C1CS(=O)(=O)CCN1Cc1cc(OC)c2c(c1)OCO2. The first-order valence-corrected chi connectivity index (χ1v) is 9.24. The molecule has 0 bridgehead atoms. The molecule has 0 spiro atoms. The van der Waals surface area contributed by atoms with Gasteiger partial charge in [-0.15, -0.1) is 0 Å². The van der Waals surface area contributed by atoms with Crippen molar-refractivity contribution >= 4 is 15.8 Å². The number of sulfone groups is 1. The van der Waals surface area contributed by atoms with E-state index in [1.54, 1.807) is 11.0 Å². The van der Waals surface area contributed by atoms with Crippen molar-refractivity contribution in [1.82, 2.24) is 4.90 Å². The monoisotopic (exact) mass is 357 g/mol. The molecular formula is C15H19NO7S. The van der Waals surface area contributed by atoms with Crippen LogP contribution in [0, 0.1) is 0 Å². The van der Waals surface area contributed by atoms with Gasteiger partial charge >= 0.3 is 5.97 Å². The number of hydrogen-bond donors (Lipinski definition) is 0. The van der Waals surface area contributed by atoms with Crippen molar-refractivity contribution in [2.24, 2.45) is 0 Å². The Hall–Kier alpha value is -2.00. The lowest BCUT2D eigenvalue weighted by atomic mass is 10.1. The van der Waals surface area contributed by atoms with Gasteiger partial charge in [0.25, 0.3) is 0 Å². The molecule has 2 aliphatic heterocycles. The molecule has 2 aliphatic rings. The topological polar surface area (TPSA) is 91.4 Å². The summed E-state index contributed by atoms with van der Waals surface area (Å²) in [5.74, 6) is 0.893. The van der Waals surface area contributed by atoms with Crippen molar-refractivity contribution in [2.75, 3.05) is 39.1 Å². The zero-order chi connectivity index (χ0) is 17.3. The fourth-order valence-corrected chi connectivity index (χ4v) is 4.40. The molecule has 0 N–H and O–H groups in total. The Morgan fingerprint density at radius 3 is 2.83 bits per heavy atom. The number of carbonyl (C=O) groups excluding carboxylic acids is 1. The van der Waals surface area contributed by atoms with Crippen molar-refractivity contribution in [3.8, 4) is 17.2 Å². The van der Waals surface area contributed by atoms with E-state index in [2.05, 4.69) is 0 Å². The number of esters is 1. The molecule has 0 aromatic heterocycles. The van der Waals surface area contributed by atoms with E-state index in [0.29, 0.717) is 23.8 Å². The van der Waals surface area contributed by atoms with Gasteiger partial charge in [-0.1, -0.05) is 0 Å². The molecule has 2 heterocycles. The summed E-state index contributed by atoms with van der Waals surface area (Å²) >= 11 is 0. The fourth-order valence-electron chi connectivity index (χ4n) is 2.89. The van der Waals surface area contributed by atoms with E-state index in [0.717, 1.165) is 5.56 Å². The maximum atomic E-state index is 12.0. The van der Waals surface area contributed by atoms with Crippen LogP contribution in [0.5, 0.6) is 17.2 Å². The molecule has 9 heteroatoms. The average Bonchev–Trinajstić information content (AvgIpc) is 3.03. The summed E-state index contributed by atoms with van der Waals surface area (Å²) in [7, 11) is -0.458. The molecule has 8 nitrogen and oxygen atoms in total. The Kier molecular flexibility index (Phi) is 4.55. The quantitative estimate of drug-likeness (QED) is 0.706. The number of hydrogen-bond acceptors (Lipinski definition) is 8. The zero-order valence-corrected chi connectivity index (χ0v) is 14.3. The van der Waals surface area contributed by atoms with E-state index < -0.39 is 21.8 Å². The molecule has 0 aliphatic carbocycles. The van der Waals surface area contributed by atoms with Crippen molar-refractivity contribution in [3.63, 3.8) is 0 Å². The molecule has 1 aromatic rings. The first-order valence-electron chi connectivity index (χ1n) is 7.42. The Balaban J connectivity index is 1.85. The summed E-state index contributed by atoms with van der Waals surface area (Å²) < 4.78 is 44.5. The molecule has 132 valence electrons.